The van der Waals surface area contributed by atoms with E-state index in [1.807, 2.05) is 81.4 Å². The Kier molecular flexibility index (Phi) is 6.99. The number of rotatable bonds is 7. The number of carbonyl (C=O) groups is 2. The zero-order valence-electron chi connectivity index (χ0n) is 16.1. The summed E-state index contributed by atoms with van der Waals surface area (Å²) in [6, 6.07) is 18.9. The molecule has 0 saturated carbocycles. The maximum Gasteiger partial charge on any atom is 0.315 e. The Balaban J connectivity index is 2.09. The lowest BCUT2D eigenvalue weighted by Gasteiger charge is -2.30. The summed E-state index contributed by atoms with van der Waals surface area (Å²) in [7, 11) is 0. The molecule has 2 amide bonds. The summed E-state index contributed by atoms with van der Waals surface area (Å²) in [6.45, 7) is 6.25. The molecular formula is C22H28N2O3. The number of carboxylic acids is 1. The lowest BCUT2D eigenvalue weighted by atomic mass is 9.78. The molecule has 144 valence electrons. The average Bonchev–Trinajstić information content (AvgIpc) is 2.63. The van der Waals surface area contributed by atoms with E-state index in [1.54, 1.807) is 0 Å². The summed E-state index contributed by atoms with van der Waals surface area (Å²) in [4.78, 5) is 23.7. The van der Waals surface area contributed by atoms with Crippen molar-refractivity contribution in [3.63, 3.8) is 0 Å². The lowest BCUT2D eigenvalue weighted by molar-refractivity contribution is -0.139. The van der Waals surface area contributed by atoms with E-state index >= 15 is 0 Å². The first kappa shape index (κ1) is 20.5. The van der Waals surface area contributed by atoms with Gasteiger partial charge >= 0.3 is 12.0 Å². The summed E-state index contributed by atoms with van der Waals surface area (Å²) >= 11 is 0. The molecular weight excluding hydrogens is 340 g/mol. The third-order valence-electron chi connectivity index (χ3n) is 4.70. The monoisotopic (exact) mass is 368 g/mol. The van der Waals surface area contributed by atoms with E-state index in [-0.39, 0.29) is 29.8 Å². The third kappa shape index (κ3) is 6.44. The predicted octanol–water partition coefficient (Wildman–Crippen LogP) is 4.21. The molecule has 2 aromatic rings. The molecule has 2 rings (SSSR count). The van der Waals surface area contributed by atoms with Crippen molar-refractivity contribution in [2.24, 2.45) is 11.3 Å². The fourth-order valence-corrected chi connectivity index (χ4v) is 2.94. The molecule has 0 fully saturated rings. The molecule has 5 nitrogen and oxygen atoms in total. The Morgan fingerprint density at radius 1 is 0.926 bits per heavy atom. The first-order chi connectivity index (χ1) is 12.8. The average molecular weight is 368 g/mol. The minimum atomic E-state index is -0.858. The van der Waals surface area contributed by atoms with E-state index in [4.69, 9.17) is 5.11 Å². The molecule has 0 aliphatic rings. The van der Waals surface area contributed by atoms with Crippen LogP contribution in [0, 0.1) is 11.3 Å². The number of urea groups is 1. The molecule has 27 heavy (non-hydrogen) atoms. The highest BCUT2D eigenvalue weighted by Crippen LogP contribution is 2.28. The van der Waals surface area contributed by atoms with Crippen LogP contribution in [0.25, 0.3) is 0 Å². The van der Waals surface area contributed by atoms with Crippen LogP contribution in [0.15, 0.2) is 60.7 Å². The van der Waals surface area contributed by atoms with Gasteiger partial charge in [0.25, 0.3) is 0 Å². The summed E-state index contributed by atoms with van der Waals surface area (Å²) in [5.41, 5.74) is 1.75. The molecule has 3 N–H and O–H groups in total. The van der Waals surface area contributed by atoms with Crippen molar-refractivity contribution in [3.8, 4) is 0 Å². The number of carboxylic acid groups (broad SMARTS) is 1. The van der Waals surface area contributed by atoms with Crippen molar-refractivity contribution in [1.29, 1.82) is 0 Å². The van der Waals surface area contributed by atoms with Gasteiger partial charge in [-0.25, -0.2) is 4.79 Å². The molecule has 1 unspecified atom stereocenters. The van der Waals surface area contributed by atoms with E-state index in [1.165, 1.54) is 0 Å². The molecule has 0 aromatic heterocycles. The van der Waals surface area contributed by atoms with Gasteiger partial charge in [-0.3, -0.25) is 4.79 Å². The molecule has 2 aromatic carbocycles. The van der Waals surface area contributed by atoms with E-state index < -0.39 is 5.97 Å². The minimum Gasteiger partial charge on any atom is -0.481 e. The Labute approximate surface area is 160 Å². The van der Waals surface area contributed by atoms with Crippen molar-refractivity contribution >= 4 is 12.0 Å². The van der Waals surface area contributed by atoms with E-state index in [2.05, 4.69) is 10.6 Å². The van der Waals surface area contributed by atoms with E-state index in [0.717, 1.165) is 11.1 Å². The Morgan fingerprint density at radius 3 is 1.81 bits per heavy atom. The van der Waals surface area contributed by atoms with Crippen LogP contribution < -0.4 is 10.6 Å². The lowest BCUT2D eigenvalue weighted by Crippen LogP contribution is -2.43. The third-order valence-corrected chi connectivity index (χ3v) is 4.70. The fraction of sp³-hybridized carbons (Fsp3) is 0.364. The summed E-state index contributed by atoms with van der Waals surface area (Å²) in [5.74, 6) is -1.02. The maximum atomic E-state index is 12.5. The van der Waals surface area contributed by atoms with Gasteiger partial charge in [0.15, 0.2) is 0 Å². The second kappa shape index (κ2) is 9.21. The molecule has 0 saturated heterocycles. The number of aliphatic carboxylic acids is 1. The molecule has 1 atom stereocenters. The van der Waals surface area contributed by atoms with Gasteiger partial charge in [-0.15, -0.1) is 0 Å². The van der Waals surface area contributed by atoms with Gasteiger partial charge in [-0.05, 0) is 22.5 Å². The zero-order valence-corrected chi connectivity index (χ0v) is 16.1. The number of amides is 2. The predicted molar refractivity (Wildman–Crippen MR) is 106 cm³/mol. The van der Waals surface area contributed by atoms with Gasteiger partial charge in [-0.2, -0.15) is 0 Å². The molecule has 0 bridgehead atoms. The second-order valence-electron chi connectivity index (χ2n) is 7.77. The number of nitrogens with one attached hydrogen (secondary N) is 2. The first-order valence-corrected chi connectivity index (χ1v) is 9.13. The Bertz CT molecular complexity index is 700. The number of carbonyl (C=O) groups excluding carboxylic acids is 1. The SMILES string of the molecule is CC(C)(C)C(CNC(=O)NC(c1ccccc1)c1ccccc1)CC(=O)O. The molecule has 0 aliphatic heterocycles. The van der Waals surface area contributed by atoms with Gasteiger partial charge in [0.2, 0.25) is 0 Å². The zero-order chi connectivity index (χ0) is 19.9. The van der Waals surface area contributed by atoms with Crippen molar-refractivity contribution < 1.29 is 14.7 Å². The summed E-state index contributed by atoms with van der Waals surface area (Å²) in [6.07, 6.45) is 0.0184. The smallest absolute Gasteiger partial charge is 0.315 e. The van der Waals surface area contributed by atoms with Crippen LogP contribution >= 0.6 is 0 Å². The van der Waals surface area contributed by atoms with Crippen LogP contribution in [0.3, 0.4) is 0 Å². The van der Waals surface area contributed by atoms with Gasteiger partial charge in [0.1, 0.15) is 0 Å². The van der Waals surface area contributed by atoms with Crippen molar-refractivity contribution in [1.82, 2.24) is 10.6 Å². The second-order valence-corrected chi connectivity index (χ2v) is 7.77. The highest BCUT2D eigenvalue weighted by Gasteiger charge is 2.27. The molecule has 0 aliphatic carbocycles. The Morgan fingerprint density at radius 2 is 1.41 bits per heavy atom. The highest BCUT2D eigenvalue weighted by molar-refractivity contribution is 5.75. The summed E-state index contributed by atoms with van der Waals surface area (Å²) < 4.78 is 0. The van der Waals surface area contributed by atoms with Crippen LogP contribution in [0.1, 0.15) is 44.4 Å². The molecule has 0 heterocycles. The van der Waals surface area contributed by atoms with E-state index in [0.29, 0.717) is 6.54 Å². The fourth-order valence-electron chi connectivity index (χ4n) is 2.94. The van der Waals surface area contributed by atoms with Crippen LogP contribution in [-0.2, 0) is 4.79 Å². The molecule has 5 heteroatoms. The van der Waals surface area contributed by atoms with Gasteiger partial charge in [0, 0.05) is 6.54 Å². The highest BCUT2D eigenvalue weighted by atomic mass is 16.4. The van der Waals surface area contributed by atoms with Crippen molar-refractivity contribution in [3.05, 3.63) is 71.8 Å². The van der Waals surface area contributed by atoms with Gasteiger partial charge in [0.05, 0.1) is 12.5 Å². The molecule has 0 spiro atoms. The van der Waals surface area contributed by atoms with Crippen LogP contribution in [0.5, 0.6) is 0 Å². The van der Waals surface area contributed by atoms with E-state index in [9.17, 15) is 9.59 Å². The number of hydrogen-bond donors (Lipinski definition) is 3. The maximum absolute atomic E-state index is 12.5. The molecule has 0 radical (unpaired) electrons. The number of benzene rings is 2. The van der Waals surface area contributed by atoms with Crippen LogP contribution in [-0.4, -0.2) is 23.7 Å². The van der Waals surface area contributed by atoms with Gasteiger partial charge < -0.3 is 15.7 Å². The first-order valence-electron chi connectivity index (χ1n) is 9.13. The van der Waals surface area contributed by atoms with Gasteiger partial charge in [-0.1, -0.05) is 81.4 Å². The topological polar surface area (TPSA) is 78.4 Å². The van der Waals surface area contributed by atoms with Crippen LogP contribution in [0.2, 0.25) is 0 Å². The standard InChI is InChI=1S/C22H28N2O3/c1-22(2,3)18(14-19(25)26)15-23-21(27)24-20(16-10-6-4-7-11-16)17-12-8-5-9-13-17/h4-13,18,20H,14-15H2,1-3H3,(H,25,26)(H2,23,24,27). The minimum absolute atomic E-state index is 0.0184. The van der Waals surface area contributed by atoms with Crippen LogP contribution in [0.4, 0.5) is 4.79 Å². The quantitative estimate of drug-likeness (QED) is 0.685. The number of hydrogen-bond acceptors (Lipinski definition) is 2. The normalized spacial score (nSPS) is 12.4. The largest absolute Gasteiger partial charge is 0.481 e. The summed E-state index contributed by atoms with van der Waals surface area (Å²) in [5, 5.41) is 15.0. The van der Waals surface area contributed by atoms with Crippen molar-refractivity contribution in [2.45, 2.75) is 33.2 Å². The Hall–Kier alpha value is -2.82. The van der Waals surface area contributed by atoms with Crippen molar-refractivity contribution in [2.75, 3.05) is 6.54 Å².